The fourth-order valence-electron chi connectivity index (χ4n) is 1.62. The summed E-state index contributed by atoms with van der Waals surface area (Å²) in [5, 5.41) is 0. The van der Waals surface area contributed by atoms with Crippen molar-refractivity contribution in [1.29, 1.82) is 0 Å². The zero-order valence-electron chi connectivity index (χ0n) is 11.6. The van der Waals surface area contributed by atoms with Gasteiger partial charge in [-0.1, -0.05) is 6.07 Å². The zero-order chi connectivity index (χ0) is 16.1. The molecule has 0 aliphatic rings. The Kier molecular flexibility index (Phi) is 6.35. The Bertz CT molecular complexity index is 687. The molecule has 0 spiro atoms. The summed E-state index contributed by atoms with van der Waals surface area (Å²) in [4.78, 5) is 12.9. The van der Waals surface area contributed by atoms with E-state index in [4.69, 9.17) is 38.4 Å². The molecule has 0 radical (unpaired) electrons. The Morgan fingerprint density at radius 2 is 1.23 bits per heavy atom. The number of rotatable bonds is 2. The summed E-state index contributed by atoms with van der Waals surface area (Å²) in [5.41, 5.74) is 2.97. The molecular weight excluding hydrogens is 387 g/mol. The Balaban J connectivity index is 0.000000396. The van der Waals surface area contributed by atoms with E-state index in [1.165, 1.54) is 0 Å². The average molecular weight is 399 g/mol. The SMILES string of the molecule is Cc1coc(-c2cccc(-c3nc(C)co3)n2)n1.[Cl][V]([Cl])[Cl]. The molecule has 5 nitrogen and oxygen atoms in total. The number of pyridine rings is 1. The standard InChI is InChI=1S/C13H11N3O2.3ClH.V/c1-8-6-17-12(14-8)10-4-3-5-11(16-10)13-15-9(2)7-18-13;;;;/h3-7H,1-2H3;3*1H;/q;;;;+3/p-3. The molecule has 0 fully saturated rings. The van der Waals surface area contributed by atoms with E-state index in [2.05, 4.69) is 15.0 Å². The molecule has 116 valence electrons. The van der Waals surface area contributed by atoms with Crippen LogP contribution in [-0.2, 0) is 12.3 Å². The van der Waals surface area contributed by atoms with E-state index in [0.29, 0.717) is 23.2 Å². The van der Waals surface area contributed by atoms with Gasteiger partial charge in [-0.15, -0.1) is 0 Å². The third kappa shape index (κ3) is 5.04. The first-order chi connectivity index (χ1) is 10.5. The van der Waals surface area contributed by atoms with Gasteiger partial charge in [-0.3, -0.25) is 0 Å². The number of hydrogen-bond acceptors (Lipinski definition) is 5. The predicted octanol–water partition coefficient (Wildman–Crippen LogP) is 5.07. The quantitative estimate of drug-likeness (QED) is 0.603. The van der Waals surface area contributed by atoms with Crippen molar-refractivity contribution in [2.75, 3.05) is 0 Å². The second kappa shape index (κ2) is 8.04. The summed E-state index contributed by atoms with van der Waals surface area (Å²) in [7, 11) is 14.9. The number of halogens is 3. The molecule has 9 heteroatoms. The van der Waals surface area contributed by atoms with Gasteiger partial charge in [-0.25, -0.2) is 15.0 Å². The first-order valence-electron chi connectivity index (χ1n) is 6.05. The number of aryl methyl sites for hydroxylation is 2. The van der Waals surface area contributed by atoms with Gasteiger partial charge in [0.1, 0.15) is 23.9 Å². The molecule has 0 amide bonds. The summed E-state index contributed by atoms with van der Waals surface area (Å²) in [6.07, 6.45) is 3.19. The van der Waals surface area contributed by atoms with Gasteiger partial charge < -0.3 is 8.83 Å². The number of aromatic nitrogens is 3. The van der Waals surface area contributed by atoms with Gasteiger partial charge in [0, 0.05) is 0 Å². The van der Waals surface area contributed by atoms with Crippen molar-refractivity contribution in [3.63, 3.8) is 0 Å². The summed E-state index contributed by atoms with van der Waals surface area (Å²) in [6, 6.07) is 5.55. The maximum absolute atomic E-state index is 5.32. The van der Waals surface area contributed by atoms with E-state index in [1.54, 1.807) is 12.5 Å². The van der Waals surface area contributed by atoms with Gasteiger partial charge in [0.2, 0.25) is 11.8 Å². The number of nitrogens with zero attached hydrogens (tertiary/aromatic N) is 3. The van der Waals surface area contributed by atoms with Gasteiger partial charge in [-0.2, -0.15) is 0 Å². The first-order valence-corrected chi connectivity index (χ1v) is 11.8. The van der Waals surface area contributed by atoms with E-state index in [9.17, 15) is 0 Å². The minimum absolute atomic E-state index is 0.498. The molecule has 0 aliphatic carbocycles. The van der Waals surface area contributed by atoms with Gasteiger partial charge in [-0.05, 0) is 26.0 Å². The molecule has 3 aromatic rings. The first kappa shape index (κ1) is 17.4. The van der Waals surface area contributed by atoms with E-state index >= 15 is 0 Å². The monoisotopic (exact) mass is 397 g/mol. The van der Waals surface area contributed by atoms with Crippen molar-refractivity contribution in [2.45, 2.75) is 13.8 Å². The molecule has 0 saturated carbocycles. The molecule has 0 saturated heterocycles. The second-order valence-electron chi connectivity index (χ2n) is 4.19. The fraction of sp³-hybridized carbons (Fsp3) is 0.154. The van der Waals surface area contributed by atoms with Crippen LogP contribution in [0.4, 0.5) is 0 Å². The summed E-state index contributed by atoms with van der Waals surface area (Å²) in [6.45, 7) is 3.74. The Hall–Kier alpha value is -0.976. The van der Waals surface area contributed by atoms with Crippen molar-refractivity contribution in [2.24, 2.45) is 0 Å². The van der Waals surface area contributed by atoms with E-state index < -0.39 is 12.3 Å². The van der Waals surface area contributed by atoms with Crippen LogP contribution in [0.5, 0.6) is 0 Å². The molecule has 3 aromatic heterocycles. The van der Waals surface area contributed by atoms with E-state index in [1.807, 2.05) is 32.0 Å². The zero-order valence-corrected chi connectivity index (χ0v) is 15.3. The molecule has 0 N–H and O–H groups in total. The third-order valence-corrected chi connectivity index (χ3v) is 2.43. The van der Waals surface area contributed by atoms with Crippen LogP contribution in [0.25, 0.3) is 23.2 Å². The van der Waals surface area contributed by atoms with E-state index in [-0.39, 0.29) is 0 Å². The third-order valence-electron chi connectivity index (χ3n) is 2.43. The molecular formula is C13H11Cl3N3O2V. The maximum atomic E-state index is 5.32. The van der Waals surface area contributed by atoms with Gasteiger partial charge in [0.15, 0.2) is 0 Å². The second-order valence-corrected chi connectivity index (χ2v) is 11.1. The van der Waals surface area contributed by atoms with Crippen LogP contribution in [0.1, 0.15) is 11.4 Å². The Morgan fingerprint density at radius 1 is 0.818 bits per heavy atom. The van der Waals surface area contributed by atoms with Crippen molar-refractivity contribution < 1.29 is 21.1 Å². The Labute approximate surface area is 144 Å². The molecule has 22 heavy (non-hydrogen) atoms. The van der Waals surface area contributed by atoms with Crippen molar-refractivity contribution in [1.82, 2.24) is 15.0 Å². The molecule has 0 atom stereocenters. The fourth-order valence-corrected chi connectivity index (χ4v) is 1.62. The minimum atomic E-state index is -1.77. The topological polar surface area (TPSA) is 65.0 Å². The van der Waals surface area contributed by atoms with Gasteiger partial charge in [0.05, 0.1) is 11.4 Å². The number of oxazole rings is 2. The molecule has 3 rings (SSSR count). The Morgan fingerprint density at radius 3 is 1.55 bits per heavy atom. The van der Waals surface area contributed by atoms with Crippen LogP contribution in [0.3, 0.4) is 0 Å². The average Bonchev–Trinajstić information content (AvgIpc) is 3.07. The molecule has 0 bridgehead atoms. The summed E-state index contributed by atoms with van der Waals surface area (Å²) in [5.74, 6) is 0.996. The molecule has 0 aliphatic heterocycles. The van der Waals surface area contributed by atoms with Gasteiger partial charge in [0.25, 0.3) is 0 Å². The van der Waals surface area contributed by atoms with Crippen molar-refractivity contribution >= 4 is 29.5 Å². The van der Waals surface area contributed by atoms with Crippen LogP contribution in [0.2, 0.25) is 0 Å². The van der Waals surface area contributed by atoms with Crippen molar-refractivity contribution in [3.8, 4) is 23.2 Å². The summed E-state index contributed by atoms with van der Waals surface area (Å²) >= 11 is -1.77. The van der Waals surface area contributed by atoms with Crippen LogP contribution in [0.15, 0.2) is 39.6 Å². The van der Waals surface area contributed by atoms with Gasteiger partial charge >= 0.3 is 41.8 Å². The van der Waals surface area contributed by atoms with E-state index in [0.717, 1.165) is 11.4 Å². The molecule has 0 aromatic carbocycles. The van der Waals surface area contributed by atoms with Crippen LogP contribution in [-0.4, -0.2) is 15.0 Å². The summed E-state index contributed by atoms with van der Waals surface area (Å²) < 4.78 is 10.6. The number of hydrogen-bond donors (Lipinski definition) is 0. The predicted molar refractivity (Wildman–Crippen MR) is 82.3 cm³/mol. The molecule has 0 unspecified atom stereocenters. The van der Waals surface area contributed by atoms with Crippen LogP contribution < -0.4 is 0 Å². The van der Waals surface area contributed by atoms with Crippen LogP contribution >= 0.6 is 29.5 Å². The van der Waals surface area contributed by atoms with Crippen LogP contribution in [0, 0.1) is 13.8 Å². The van der Waals surface area contributed by atoms with Crippen molar-refractivity contribution in [3.05, 3.63) is 42.1 Å². The molecule has 3 heterocycles. The normalized spacial score (nSPS) is 10.5.